The molecule has 0 aromatic heterocycles. The SMILES string of the molecule is CS(=O)(=O)Cc1cccc(C(=O)NCCC2=CCCCC2)c1. The maximum Gasteiger partial charge on any atom is 0.251 e. The highest BCUT2D eigenvalue weighted by Crippen LogP contribution is 2.19. The number of hydrogen-bond donors (Lipinski definition) is 1. The van der Waals surface area contributed by atoms with Crippen molar-refractivity contribution in [2.75, 3.05) is 12.8 Å². The molecular weight excluding hydrogens is 298 g/mol. The van der Waals surface area contributed by atoms with Gasteiger partial charge < -0.3 is 5.32 Å². The van der Waals surface area contributed by atoms with Crippen LogP contribution in [0.5, 0.6) is 0 Å². The quantitative estimate of drug-likeness (QED) is 0.820. The van der Waals surface area contributed by atoms with E-state index >= 15 is 0 Å². The summed E-state index contributed by atoms with van der Waals surface area (Å²) >= 11 is 0. The molecule has 2 rings (SSSR count). The number of amides is 1. The standard InChI is InChI=1S/C17H23NO3S/c1-22(20,21)13-15-8-5-9-16(12-15)17(19)18-11-10-14-6-3-2-4-7-14/h5-6,8-9,12H,2-4,7,10-11,13H2,1H3,(H,18,19). The van der Waals surface area contributed by atoms with Gasteiger partial charge in [-0.25, -0.2) is 8.42 Å². The molecule has 0 bridgehead atoms. The number of carbonyl (C=O) groups is 1. The molecule has 120 valence electrons. The minimum atomic E-state index is -3.09. The van der Waals surface area contributed by atoms with Crippen molar-refractivity contribution in [1.29, 1.82) is 0 Å². The van der Waals surface area contributed by atoms with E-state index in [0.717, 1.165) is 19.3 Å². The van der Waals surface area contributed by atoms with E-state index in [1.165, 1.54) is 24.7 Å². The van der Waals surface area contributed by atoms with E-state index in [4.69, 9.17) is 0 Å². The molecule has 1 N–H and O–H groups in total. The van der Waals surface area contributed by atoms with Crippen molar-refractivity contribution in [2.24, 2.45) is 0 Å². The fraction of sp³-hybridized carbons (Fsp3) is 0.471. The highest BCUT2D eigenvalue weighted by Gasteiger charge is 2.10. The summed E-state index contributed by atoms with van der Waals surface area (Å²) < 4.78 is 22.6. The molecule has 1 amide bonds. The predicted molar refractivity (Wildman–Crippen MR) is 88.5 cm³/mol. The molecule has 0 saturated carbocycles. The Morgan fingerprint density at radius 3 is 2.77 bits per heavy atom. The molecule has 1 aliphatic rings. The van der Waals surface area contributed by atoms with Crippen molar-refractivity contribution in [3.8, 4) is 0 Å². The molecule has 22 heavy (non-hydrogen) atoms. The summed E-state index contributed by atoms with van der Waals surface area (Å²) in [4.78, 5) is 12.1. The summed E-state index contributed by atoms with van der Waals surface area (Å²) in [6.07, 6.45) is 9.17. The van der Waals surface area contributed by atoms with Crippen molar-refractivity contribution >= 4 is 15.7 Å². The fourth-order valence-electron chi connectivity index (χ4n) is 2.68. The van der Waals surface area contributed by atoms with Crippen molar-refractivity contribution in [3.63, 3.8) is 0 Å². The first-order chi connectivity index (χ1) is 10.4. The van der Waals surface area contributed by atoms with Gasteiger partial charge in [-0.15, -0.1) is 0 Å². The van der Waals surface area contributed by atoms with Crippen molar-refractivity contribution in [1.82, 2.24) is 5.32 Å². The first-order valence-corrected chi connectivity index (χ1v) is 9.73. The summed E-state index contributed by atoms with van der Waals surface area (Å²) in [6.45, 7) is 0.626. The lowest BCUT2D eigenvalue weighted by molar-refractivity contribution is 0.0954. The zero-order valence-electron chi connectivity index (χ0n) is 13.0. The molecule has 1 aliphatic carbocycles. The first kappa shape index (κ1) is 16.7. The third kappa shape index (κ3) is 5.64. The van der Waals surface area contributed by atoms with Gasteiger partial charge in [-0.05, 0) is 49.8 Å². The number of rotatable bonds is 6. The Morgan fingerprint density at radius 1 is 1.27 bits per heavy atom. The van der Waals surface area contributed by atoms with Gasteiger partial charge in [0.2, 0.25) is 0 Å². The summed E-state index contributed by atoms with van der Waals surface area (Å²) in [5, 5.41) is 2.91. The van der Waals surface area contributed by atoms with E-state index in [1.54, 1.807) is 24.3 Å². The molecule has 0 radical (unpaired) electrons. The van der Waals surface area contributed by atoms with Crippen molar-refractivity contribution < 1.29 is 13.2 Å². The van der Waals surface area contributed by atoms with Crippen LogP contribution in [0, 0.1) is 0 Å². The van der Waals surface area contributed by atoms with Gasteiger partial charge in [0, 0.05) is 18.4 Å². The summed E-state index contributed by atoms with van der Waals surface area (Å²) in [5.74, 6) is -0.187. The predicted octanol–water partition coefficient (Wildman–Crippen LogP) is 2.85. The number of hydrogen-bond acceptors (Lipinski definition) is 3. The molecule has 4 nitrogen and oxygen atoms in total. The summed E-state index contributed by atoms with van der Waals surface area (Å²) in [7, 11) is -3.09. The first-order valence-electron chi connectivity index (χ1n) is 7.67. The van der Waals surface area contributed by atoms with E-state index in [1.807, 2.05) is 0 Å². The van der Waals surface area contributed by atoms with Crippen LogP contribution in [0.2, 0.25) is 0 Å². The largest absolute Gasteiger partial charge is 0.352 e. The van der Waals surface area contributed by atoms with E-state index in [-0.39, 0.29) is 11.7 Å². The molecular formula is C17H23NO3S. The van der Waals surface area contributed by atoms with Crippen molar-refractivity contribution in [3.05, 3.63) is 47.0 Å². The Balaban J connectivity index is 1.89. The molecule has 0 atom stereocenters. The second kappa shape index (κ2) is 7.58. The number of nitrogens with one attached hydrogen (secondary N) is 1. The smallest absolute Gasteiger partial charge is 0.251 e. The second-order valence-corrected chi connectivity index (χ2v) is 8.02. The monoisotopic (exact) mass is 321 g/mol. The van der Waals surface area contributed by atoms with Gasteiger partial charge in [0.05, 0.1) is 5.75 Å². The van der Waals surface area contributed by atoms with Crippen LogP contribution in [-0.2, 0) is 15.6 Å². The Morgan fingerprint density at radius 2 is 2.09 bits per heavy atom. The van der Waals surface area contributed by atoms with Crippen LogP contribution in [0.4, 0.5) is 0 Å². The van der Waals surface area contributed by atoms with Gasteiger partial charge in [-0.3, -0.25) is 4.79 Å². The number of benzene rings is 1. The van der Waals surface area contributed by atoms with Crippen LogP contribution < -0.4 is 5.32 Å². The molecule has 0 aliphatic heterocycles. The topological polar surface area (TPSA) is 63.2 Å². The van der Waals surface area contributed by atoms with E-state index in [0.29, 0.717) is 17.7 Å². The zero-order chi connectivity index (χ0) is 16.0. The summed E-state index contributed by atoms with van der Waals surface area (Å²) in [6, 6.07) is 6.81. The van der Waals surface area contributed by atoms with Gasteiger partial charge in [-0.2, -0.15) is 0 Å². The van der Waals surface area contributed by atoms with E-state index in [9.17, 15) is 13.2 Å². The van der Waals surface area contributed by atoms with Gasteiger partial charge in [0.25, 0.3) is 5.91 Å². The molecule has 0 spiro atoms. The Kier molecular flexibility index (Phi) is 5.77. The minimum Gasteiger partial charge on any atom is -0.352 e. The van der Waals surface area contributed by atoms with Gasteiger partial charge >= 0.3 is 0 Å². The Hall–Kier alpha value is -1.62. The van der Waals surface area contributed by atoms with E-state index < -0.39 is 9.84 Å². The van der Waals surface area contributed by atoms with Crippen LogP contribution in [0.1, 0.15) is 48.0 Å². The normalized spacial score (nSPS) is 15.2. The van der Waals surface area contributed by atoms with Crippen molar-refractivity contribution in [2.45, 2.75) is 37.9 Å². The Labute approximate surface area is 132 Å². The fourth-order valence-corrected chi connectivity index (χ4v) is 3.46. The Bertz CT molecular complexity index is 662. The molecule has 0 saturated heterocycles. The average molecular weight is 321 g/mol. The van der Waals surface area contributed by atoms with Crippen LogP contribution in [0.25, 0.3) is 0 Å². The second-order valence-electron chi connectivity index (χ2n) is 5.88. The van der Waals surface area contributed by atoms with Crippen LogP contribution in [0.15, 0.2) is 35.9 Å². The maximum atomic E-state index is 12.1. The van der Waals surface area contributed by atoms with E-state index in [2.05, 4.69) is 11.4 Å². The molecule has 0 fully saturated rings. The average Bonchev–Trinajstić information content (AvgIpc) is 2.47. The lowest BCUT2D eigenvalue weighted by Gasteiger charge is -2.13. The zero-order valence-corrected chi connectivity index (χ0v) is 13.8. The lowest BCUT2D eigenvalue weighted by atomic mass is 9.97. The van der Waals surface area contributed by atoms with Gasteiger partial charge in [0.15, 0.2) is 9.84 Å². The molecule has 5 heteroatoms. The number of sulfone groups is 1. The molecule has 0 heterocycles. The molecule has 1 aromatic carbocycles. The minimum absolute atomic E-state index is 0.0407. The third-order valence-corrected chi connectivity index (χ3v) is 4.59. The van der Waals surface area contributed by atoms with Gasteiger partial charge in [-0.1, -0.05) is 23.8 Å². The van der Waals surface area contributed by atoms with Crippen LogP contribution >= 0.6 is 0 Å². The van der Waals surface area contributed by atoms with Crippen LogP contribution in [0.3, 0.4) is 0 Å². The maximum absolute atomic E-state index is 12.1. The molecule has 0 unspecified atom stereocenters. The summed E-state index contributed by atoms with van der Waals surface area (Å²) in [5.41, 5.74) is 2.58. The number of carbonyl (C=O) groups excluding carboxylic acids is 1. The van der Waals surface area contributed by atoms with Crippen LogP contribution in [-0.4, -0.2) is 27.1 Å². The lowest BCUT2D eigenvalue weighted by Crippen LogP contribution is -2.25. The highest BCUT2D eigenvalue weighted by molar-refractivity contribution is 7.89. The van der Waals surface area contributed by atoms with Gasteiger partial charge in [0.1, 0.15) is 0 Å². The number of allylic oxidation sites excluding steroid dienone is 1. The highest BCUT2D eigenvalue weighted by atomic mass is 32.2. The third-order valence-electron chi connectivity index (χ3n) is 3.73. The molecule has 1 aromatic rings.